The van der Waals surface area contributed by atoms with Gasteiger partial charge in [-0.25, -0.2) is 4.39 Å². The van der Waals surface area contributed by atoms with E-state index in [9.17, 15) is 14.3 Å². The number of halogens is 1. The highest BCUT2D eigenvalue weighted by molar-refractivity contribution is 5.79. The van der Waals surface area contributed by atoms with Gasteiger partial charge in [0.05, 0.1) is 26.7 Å². The third kappa shape index (κ3) is 3.90. The predicted molar refractivity (Wildman–Crippen MR) is 130 cm³/mol. The van der Waals surface area contributed by atoms with Crippen LogP contribution in [0.25, 0.3) is 0 Å². The summed E-state index contributed by atoms with van der Waals surface area (Å²) in [5, 5.41) is 14.0. The Kier molecular flexibility index (Phi) is 5.79. The molecule has 1 saturated heterocycles. The van der Waals surface area contributed by atoms with E-state index in [2.05, 4.69) is 5.32 Å². The summed E-state index contributed by atoms with van der Waals surface area (Å²) in [6.07, 6.45) is 0. The number of ether oxygens (including phenoxy) is 5. The molecule has 3 aromatic carbocycles. The highest BCUT2D eigenvalue weighted by Gasteiger charge is 2.52. The molecular formula is C28H26FNO7. The minimum Gasteiger partial charge on any atom is -0.502 e. The highest BCUT2D eigenvalue weighted by atomic mass is 19.1. The second-order valence-corrected chi connectivity index (χ2v) is 9.39. The Labute approximate surface area is 212 Å². The molecule has 8 nitrogen and oxygen atoms in total. The van der Waals surface area contributed by atoms with Gasteiger partial charge in [-0.05, 0) is 58.7 Å². The van der Waals surface area contributed by atoms with Crippen molar-refractivity contribution in [2.24, 2.45) is 11.8 Å². The molecule has 37 heavy (non-hydrogen) atoms. The molecule has 9 heteroatoms. The van der Waals surface area contributed by atoms with E-state index in [1.54, 1.807) is 18.2 Å². The third-order valence-electron chi connectivity index (χ3n) is 7.46. The molecular weight excluding hydrogens is 481 g/mol. The smallest absolute Gasteiger partial charge is 0.310 e. The van der Waals surface area contributed by atoms with E-state index in [1.807, 2.05) is 18.2 Å². The van der Waals surface area contributed by atoms with E-state index < -0.39 is 11.8 Å². The number of methoxy groups -OCH3 is 2. The molecule has 2 N–H and O–H groups in total. The molecule has 2 aliphatic heterocycles. The first-order valence-electron chi connectivity index (χ1n) is 12.0. The zero-order valence-electron chi connectivity index (χ0n) is 20.3. The fraction of sp³-hybridized carbons (Fsp3) is 0.321. The first-order chi connectivity index (χ1) is 18.0. The average Bonchev–Trinajstić information content (AvgIpc) is 3.52. The summed E-state index contributed by atoms with van der Waals surface area (Å²) in [7, 11) is 2.92. The van der Waals surface area contributed by atoms with Gasteiger partial charge < -0.3 is 34.1 Å². The van der Waals surface area contributed by atoms with Crippen molar-refractivity contribution in [3.8, 4) is 28.7 Å². The van der Waals surface area contributed by atoms with Gasteiger partial charge in [0, 0.05) is 24.4 Å². The zero-order chi connectivity index (χ0) is 25.7. The Morgan fingerprint density at radius 3 is 2.38 bits per heavy atom. The maximum atomic E-state index is 13.8. The quantitative estimate of drug-likeness (QED) is 0.483. The van der Waals surface area contributed by atoms with Crippen molar-refractivity contribution in [3.05, 3.63) is 76.6 Å². The predicted octanol–water partition coefficient (Wildman–Crippen LogP) is 4.04. The lowest BCUT2D eigenvalue weighted by Crippen LogP contribution is -2.40. The summed E-state index contributed by atoms with van der Waals surface area (Å²) in [6, 6.07) is 13.5. The number of hydrogen-bond acceptors (Lipinski definition) is 8. The van der Waals surface area contributed by atoms with Crippen LogP contribution in [-0.4, -0.2) is 38.7 Å². The molecule has 0 amide bonds. The first-order valence-corrected chi connectivity index (χ1v) is 12.0. The van der Waals surface area contributed by atoms with Crippen LogP contribution in [0.3, 0.4) is 0 Å². The van der Waals surface area contributed by atoms with E-state index in [4.69, 9.17) is 23.7 Å². The number of aromatic hydroxyl groups is 1. The third-order valence-corrected chi connectivity index (χ3v) is 7.46. The van der Waals surface area contributed by atoms with Crippen LogP contribution >= 0.6 is 0 Å². The topological polar surface area (TPSA) is 95.5 Å². The van der Waals surface area contributed by atoms with Crippen molar-refractivity contribution in [1.29, 1.82) is 0 Å². The summed E-state index contributed by atoms with van der Waals surface area (Å²) in [6.45, 7) is 0.750. The molecule has 0 spiro atoms. The van der Waals surface area contributed by atoms with Crippen molar-refractivity contribution in [3.63, 3.8) is 0 Å². The second-order valence-electron chi connectivity index (χ2n) is 9.39. The number of cyclic esters (lactones) is 1. The number of benzene rings is 3. The lowest BCUT2D eigenvalue weighted by molar-refractivity contribution is -0.141. The normalized spacial score (nSPS) is 23.3. The maximum absolute atomic E-state index is 13.8. The highest BCUT2D eigenvalue weighted by Crippen LogP contribution is 2.55. The summed E-state index contributed by atoms with van der Waals surface area (Å²) >= 11 is 0. The summed E-state index contributed by atoms with van der Waals surface area (Å²) < 4.78 is 41.6. The number of esters is 1. The van der Waals surface area contributed by atoms with Crippen molar-refractivity contribution in [2.45, 2.75) is 18.5 Å². The van der Waals surface area contributed by atoms with E-state index >= 15 is 0 Å². The van der Waals surface area contributed by atoms with Gasteiger partial charge >= 0.3 is 5.97 Å². The van der Waals surface area contributed by atoms with Gasteiger partial charge in [-0.1, -0.05) is 12.1 Å². The number of phenols is 1. The standard InChI is InChI=1S/C28H26FNO7/c1-33-22-7-15(8-23(34-2)27(22)31)24-17-9-20-21(37-13-36-20)10-18(17)26(19-12-35-28(32)25(19)24)30-11-14-4-3-5-16(29)6-14/h3-10,19,24-26,30-31H,11-13H2,1-2H3/t19?,24-,25+,26-/m1/s1. The fourth-order valence-corrected chi connectivity index (χ4v) is 5.79. The molecule has 0 aromatic heterocycles. The van der Waals surface area contributed by atoms with Gasteiger partial charge in [0.15, 0.2) is 23.0 Å². The number of hydrogen-bond donors (Lipinski definition) is 2. The van der Waals surface area contributed by atoms with Crippen LogP contribution in [-0.2, 0) is 16.1 Å². The lowest BCUT2D eigenvalue weighted by atomic mass is 9.65. The number of carbonyl (C=O) groups excluding carboxylic acids is 1. The molecule has 0 radical (unpaired) electrons. The van der Waals surface area contributed by atoms with Gasteiger partial charge in [0.1, 0.15) is 5.82 Å². The van der Waals surface area contributed by atoms with Crippen LogP contribution < -0.4 is 24.3 Å². The fourth-order valence-electron chi connectivity index (χ4n) is 5.79. The number of phenolic OH excluding ortho intramolecular Hbond substituents is 1. The number of carbonyl (C=O) groups is 1. The molecule has 2 heterocycles. The molecule has 3 aliphatic rings. The van der Waals surface area contributed by atoms with Crippen LogP contribution in [0.4, 0.5) is 4.39 Å². The van der Waals surface area contributed by atoms with Crippen molar-refractivity contribution < 1.29 is 38.0 Å². The van der Waals surface area contributed by atoms with Crippen LogP contribution in [0.5, 0.6) is 28.7 Å². The molecule has 192 valence electrons. The number of nitrogens with one attached hydrogen (secondary N) is 1. The average molecular weight is 508 g/mol. The van der Waals surface area contributed by atoms with Crippen LogP contribution in [0.15, 0.2) is 48.5 Å². The summed E-state index contributed by atoms with van der Waals surface area (Å²) in [5.74, 6) is -0.162. The Bertz CT molecular complexity index is 1350. The lowest BCUT2D eigenvalue weighted by Gasteiger charge is -2.39. The van der Waals surface area contributed by atoms with Gasteiger partial charge in [0.2, 0.25) is 12.5 Å². The van der Waals surface area contributed by atoms with E-state index in [0.717, 1.165) is 22.3 Å². The molecule has 1 aliphatic carbocycles. The maximum Gasteiger partial charge on any atom is 0.310 e. The van der Waals surface area contributed by atoms with E-state index in [1.165, 1.54) is 26.4 Å². The Morgan fingerprint density at radius 2 is 1.70 bits per heavy atom. The monoisotopic (exact) mass is 507 g/mol. The minimum atomic E-state index is -0.517. The number of fused-ring (bicyclic) bond motifs is 3. The molecule has 1 fully saturated rings. The van der Waals surface area contributed by atoms with Gasteiger partial charge in [-0.2, -0.15) is 0 Å². The van der Waals surface area contributed by atoms with Crippen molar-refractivity contribution in [1.82, 2.24) is 5.32 Å². The molecule has 0 bridgehead atoms. The molecule has 0 saturated carbocycles. The van der Waals surface area contributed by atoms with Gasteiger partial charge in [-0.3, -0.25) is 4.79 Å². The SMILES string of the molecule is COc1cc([C@@H]2c3cc4c(cc3[C@@H](NCc3cccc(F)c3)C3COC(=O)[C@@H]32)OCO4)cc(OC)c1O. The van der Waals surface area contributed by atoms with Crippen LogP contribution in [0.1, 0.15) is 34.2 Å². The van der Waals surface area contributed by atoms with Crippen LogP contribution in [0, 0.1) is 17.7 Å². The molecule has 4 atom stereocenters. The first kappa shape index (κ1) is 23.4. The minimum absolute atomic E-state index is 0.111. The molecule has 3 aromatic rings. The molecule has 1 unspecified atom stereocenters. The van der Waals surface area contributed by atoms with Crippen molar-refractivity contribution >= 4 is 5.97 Å². The van der Waals surface area contributed by atoms with Crippen LogP contribution in [0.2, 0.25) is 0 Å². The summed E-state index contributed by atoms with van der Waals surface area (Å²) in [5.41, 5.74) is 3.34. The number of rotatable bonds is 6. The van der Waals surface area contributed by atoms with Crippen molar-refractivity contribution in [2.75, 3.05) is 27.6 Å². The second kappa shape index (κ2) is 9.15. The Hall–Kier alpha value is -3.98. The Morgan fingerprint density at radius 1 is 1.00 bits per heavy atom. The van der Waals surface area contributed by atoms with Gasteiger partial charge in [0.25, 0.3) is 0 Å². The van der Waals surface area contributed by atoms with E-state index in [0.29, 0.717) is 18.0 Å². The molecule has 6 rings (SSSR count). The largest absolute Gasteiger partial charge is 0.502 e. The summed E-state index contributed by atoms with van der Waals surface area (Å²) in [4.78, 5) is 13.2. The van der Waals surface area contributed by atoms with Gasteiger partial charge in [-0.15, -0.1) is 0 Å². The van der Waals surface area contributed by atoms with E-state index in [-0.39, 0.29) is 54.4 Å². The Balaban J connectivity index is 1.49. The zero-order valence-corrected chi connectivity index (χ0v) is 20.3.